The van der Waals surface area contributed by atoms with Gasteiger partial charge in [-0.1, -0.05) is 164 Å². The first-order valence-electron chi connectivity index (χ1n) is 23.4. The summed E-state index contributed by atoms with van der Waals surface area (Å²) in [5, 5.41) is 12.9. The van der Waals surface area contributed by atoms with E-state index in [1.807, 2.05) is 42.5 Å². The van der Waals surface area contributed by atoms with Gasteiger partial charge in [0.05, 0.1) is 11.0 Å². The van der Waals surface area contributed by atoms with Crippen LogP contribution in [0.2, 0.25) is 0 Å². The lowest BCUT2D eigenvalue weighted by atomic mass is 9.94. The molecule has 0 saturated heterocycles. The van der Waals surface area contributed by atoms with Crippen LogP contribution in [0.3, 0.4) is 0 Å². The average Bonchev–Trinajstić information content (AvgIpc) is 4.10. The first kappa shape index (κ1) is 37.9. The molecule has 0 fully saturated rings. The monoisotopic (exact) mass is 879 g/mol. The summed E-state index contributed by atoms with van der Waals surface area (Å²) in [6.45, 7) is 0. The quantitative estimate of drug-likeness (QED) is 0.162. The van der Waals surface area contributed by atoms with Gasteiger partial charge in [-0.3, -0.25) is 0 Å². The van der Waals surface area contributed by atoms with E-state index >= 15 is 0 Å². The molecule has 0 unspecified atom stereocenters. The van der Waals surface area contributed by atoms with E-state index in [4.69, 9.17) is 18.8 Å². The molecule has 320 valence electrons. The van der Waals surface area contributed by atoms with Crippen molar-refractivity contribution >= 4 is 98.1 Å². The second-order valence-corrected chi connectivity index (χ2v) is 18.0. The Balaban J connectivity index is 0.908. The van der Waals surface area contributed by atoms with Gasteiger partial charge in [-0.2, -0.15) is 0 Å². The molecule has 0 amide bonds. The maximum absolute atomic E-state index is 6.76. The van der Waals surface area contributed by atoms with Gasteiger partial charge in [0.2, 0.25) is 0 Å². The number of fused-ring (bicyclic) bond motifs is 15. The number of nitrogens with zero attached hydrogens (tertiary/aromatic N) is 3. The highest BCUT2D eigenvalue weighted by atomic mass is 16.3. The zero-order valence-corrected chi connectivity index (χ0v) is 37.0. The zero-order valence-electron chi connectivity index (χ0n) is 37.0. The van der Waals surface area contributed by atoms with Gasteiger partial charge >= 0.3 is 0 Å². The lowest BCUT2D eigenvalue weighted by molar-refractivity contribution is 0.667. The Kier molecular flexibility index (Phi) is 8.00. The lowest BCUT2D eigenvalue weighted by Crippen LogP contribution is -1.94. The van der Waals surface area contributed by atoms with Crippen molar-refractivity contribution in [2.24, 2.45) is 0 Å². The van der Waals surface area contributed by atoms with E-state index in [0.717, 1.165) is 88.7 Å². The Morgan fingerprint density at radius 2 is 0.884 bits per heavy atom. The second-order valence-electron chi connectivity index (χ2n) is 18.0. The highest BCUT2D eigenvalue weighted by Crippen LogP contribution is 2.44. The Morgan fingerprint density at radius 1 is 0.319 bits per heavy atom. The number of rotatable bonds is 5. The Labute approximate surface area is 394 Å². The van der Waals surface area contributed by atoms with Gasteiger partial charge in [0, 0.05) is 43.7 Å². The van der Waals surface area contributed by atoms with Crippen LogP contribution in [0, 0.1) is 0 Å². The molecule has 0 atom stereocenters. The van der Waals surface area contributed by atoms with E-state index in [0.29, 0.717) is 11.4 Å². The third kappa shape index (κ3) is 5.71. The number of benzene rings is 11. The SMILES string of the molecule is c1ccc(-c2ccc3oc4c(-c5cccc6oc7ccc(-c8ccc9c(c8)c8ccccc8n9-c8ccc9c%10ccccc%10c%10ccccc%10c9c8)cc7c56)nc(-c5ccccc5)nc4c3c2)cc1. The molecule has 0 saturated carbocycles. The van der Waals surface area contributed by atoms with Crippen LogP contribution in [-0.4, -0.2) is 14.5 Å². The van der Waals surface area contributed by atoms with Crippen LogP contribution in [-0.2, 0) is 0 Å². The van der Waals surface area contributed by atoms with Gasteiger partial charge in [0.25, 0.3) is 0 Å². The number of hydrogen-bond donors (Lipinski definition) is 0. The van der Waals surface area contributed by atoms with Gasteiger partial charge in [-0.15, -0.1) is 0 Å². The summed E-state index contributed by atoms with van der Waals surface area (Å²) in [6, 6.07) is 79.8. The summed E-state index contributed by atoms with van der Waals surface area (Å²) in [7, 11) is 0. The molecule has 0 N–H and O–H groups in total. The molecule has 0 radical (unpaired) electrons. The minimum atomic E-state index is 0.634. The fraction of sp³-hybridized carbons (Fsp3) is 0. The number of para-hydroxylation sites is 1. The molecule has 0 aliphatic carbocycles. The summed E-state index contributed by atoms with van der Waals surface area (Å²) in [4.78, 5) is 10.5. The fourth-order valence-corrected chi connectivity index (χ4v) is 11.0. The molecule has 4 heterocycles. The van der Waals surface area contributed by atoms with Crippen molar-refractivity contribution in [3.05, 3.63) is 224 Å². The van der Waals surface area contributed by atoms with E-state index in [1.165, 1.54) is 48.6 Å². The largest absolute Gasteiger partial charge is 0.456 e. The van der Waals surface area contributed by atoms with Crippen molar-refractivity contribution in [1.29, 1.82) is 0 Å². The molecule has 0 spiro atoms. The van der Waals surface area contributed by atoms with E-state index < -0.39 is 0 Å². The third-order valence-corrected chi connectivity index (χ3v) is 14.2. The van der Waals surface area contributed by atoms with Crippen molar-refractivity contribution < 1.29 is 8.83 Å². The van der Waals surface area contributed by atoms with Gasteiger partial charge < -0.3 is 13.4 Å². The highest BCUT2D eigenvalue weighted by molar-refractivity contribution is 6.26. The molecular weight excluding hydrogens is 843 g/mol. The van der Waals surface area contributed by atoms with E-state index in [9.17, 15) is 0 Å². The average molecular weight is 880 g/mol. The lowest BCUT2D eigenvalue weighted by Gasteiger charge is -2.14. The number of furan rings is 2. The van der Waals surface area contributed by atoms with Gasteiger partial charge in [-0.25, -0.2) is 9.97 Å². The maximum atomic E-state index is 6.76. The Morgan fingerprint density at radius 3 is 1.62 bits per heavy atom. The van der Waals surface area contributed by atoms with Crippen molar-refractivity contribution in [3.8, 4) is 50.6 Å². The molecule has 4 aromatic heterocycles. The van der Waals surface area contributed by atoms with Crippen LogP contribution in [0.1, 0.15) is 0 Å². The zero-order chi connectivity index (χ0) is 45.2. The van der Waals surface area contributed by atoms with E-state index in [2.05, 4.69) is 187 Å². The summed E-state index contributed by atoms with van der Waals surface area (Å²) in [6.07, 6.45) is 0. The smallest absolute Gasteiger partial charge is 0.180 e. The van der Waals surface area contributed by atoms with Gasteiger partial charge in [0.1, 0.15) is 28.0 Å². The standard InChI is InChI=1S/C64H37N3O2/c1-3-14-38(15-4-1)40-27-33-58-54(36-40)62-63(69-58)61(65-64(66-62)39-16-5-2-6-17-39)50-23-13-25-59-60(50)53-35-42(28-32-57(53)68-59)41-26-31-56-52(34-41)49-22-11-12-24-55(49)67(56)43-29-30-48-46-20-8-7-18-44(46)45-19-9-10-21-47(45)51(48)37-43/h1-37H. The number of hydrogen-bond acceptors (Lipinski definition) is 4. The van der Waals surface area contributed by atoms with E-state index in [-0.39, 0.29) is 0 Å². The minimum absolute atomic E-state index is 0.634. The van der Waals surface area contributed by atoms with Crippen LogP contribution in [0.5, 0.6) is 0 Å². The molecule has 0 aliphatic heterocycles. The van der Waals surface area contributed by atoms with E-state index in [1.54, 1.807) is 0 Å². The number of aromatic nitrogens is 3. The molecule has 15 aromatic rings. The summed E-state index contributed by atoms with van der Waals surface area (Å²) in [5.41, 5.74) is 14.3. The summed E-state index contributed by atoms with van der Waals surface area (Å²) in [5.74, 6) is 0.634. The Bertz CT molecular complexity index is 4560. The normalized spacial score (nSPS) is 12.1. The van der Waals surface area contributed by atoms with Crippen molar-refractivity contribution in [1.82, 2.24) is 14.5 Å². The Hall–Kier alpha value is -9.32. The van der Waals surface area contributed by atoms with Crippen molar-refractivity contribution in [2.75, 3.05) is 0 Å². The predicted molar refractivity (Wildman–Crippen MR) is 285 cm³/mol. The minimum Gasteiger partial charge on any atom is -0.456 e. The molecule has 0 aliphatic rings. The molecule has 15 rings (SSSR count). The fourth-order valence-electron chi connectivity index (χ4n) is 11.0. The second kappa shape index (κ2) is 14.6. The van der Waals surface area contributed by atoms with Crippen LogP contribution in [0.15, 0.2) is 233 Å². The summed E-state index contributed by atoms with van der Waals surface area (Å²) < 4.78 is 15.8. The first-order chi connectivity index (χ1) is 34.2. The van der Waals surface area contributed by atoms with Crippen molar-refractivity contribution in [2.45, 2.75) is 0 Å². The van der Waals surface area contributed by atoms with Gasteiger partial charge in [0.15, 0.2) is 11.4 Å². The van der Waals surface area contributed by atoms with Gasteiger partial charge in [-0.05, 0) is 115 Å². The van der Waals surface area contributed by atoms with Crippen LogP contribution >= 0.6 is 0 Å². The van der Waals surface area contributed by atoms with Crippen LogP contribution in [0.4, 0.5) is 0 Å². The molecule has 5 nitrogen and oxygen atoms in total. The maximum Gasteiger partial charge on any atom is 0.180 e. The first-order valence-corrected chi connectivity index (χ1v) is 23.4. The molecular formula is C64H37N3O2. The van der Waals surface area contributed by atoms with Crippen molar-refractivity contribution in [3.63, 3.8) is 0 Å². The summed E-state index contributed by atoms with van der Waals surface area (Å²) >= 11 is 0. The molecule has 11 aromatic carbocycles. The molecule has 5 heteroatoms. The molecule has 0 bridgehead atoms. The third-order valence-electron chi connectivity index (χ3n) is 14.2. The highest BCUT2D eigenvalue weighted by Gasteiger charge is 2.23. The van der Waals surface area contributed by atoms with Crippen LogP contribution in [0.25, 0.3) is 149 Å². The van der Waals surface area contributed by atoms with Crippen LogP contribution < -0.4 is 0 Å². The predicted octanol–water partition coefficient (Wildman–Crippen LogP) is 17.5. The topological polar surface area (TPSA) is 57.0 Å². The molecule has 69 heavy (non-hydrogen) atoms.